The molecule has 2 heterocycles. The van der Waals surface area contributed by atoms with Crippen LogP contribution >= 0.6 is 0 Å². The fourth-order valence-electron chi connectivity index (χ4n) is 2.31. The van der Waals surface area contributed by atoms with Gasteiger partial charge < -0.3 is 19.7 Å². The molecule has 0 bridgehead atoms. The Hall–Kier alpha value is -1.81. The largest absolute Gasteiger partial charge is 0.394 e. The van der Waals surface area contributed by atoms with Crippen LogP contribution in [0.5, 0.6) is 0 Å². The summed E-state index contributed by atoms with van der Waals surface area (Å²) in [6.45, 7) is -0.940. The van der Waals surface area contributed by atoms with Crippen LogP contribution in [0.25, 0.3) is 0 Å². The highest BCUT2D eigenvalue weighted by atomic mass is 16.5. The zero-order valence-corrected chi connectivity index (χ0v) is 11.3. The van der Waals surface area contributed by atoms with Crippen LogP contribution < -0.4 is 11.2 Å². The summed E-state index contributed by atoms with van der Waals surface area (Å²) in [5.74, 6) is -0.649. The van der Waals surface area contributed by atoms with Crippen molar-refractivity contribution >= 4 is 5.78 Å². The van der Waals surface area contributed by atoms with Crippen LogP contribution in [0.4, 0.5) is 0 Å². The second kappa shape index (κ2) is 5.90. The fraction of sp³-hybridized carbons (Fsp3) is 0.583. The van der Waals surface area contributed by atoms with E-state index in [2.05, 4.69) is 0 Å². The van der Waals surface area contributed by atoms with E-state index < -0.39 is 41.6 Å². The Morgan fingerprint density at radius 1 is 1.62 bits per heavy atom. The summed E-state index contributed by atoms with van der Waals surface area (Å²) in [4.78, 5) is 36.7. The maximum Gasteiger partial charge on any atom is 0.330 e. The van der Waals surface area contributed by atoms with E-state index in [1.54, 1.807) is 0 Å². The third kappa shape index (κ3) is 2.81. The third-order valence-electron chi connectivity index (χ3n) is 3.43. The average molecular weight is 300 g/mol. The first-order chi connectivity index (χ1) is 9.92. The van der Waals surface area contributed by atoms with E-state index >= 15 is 0 Å². The minimum atomic E-state index is -1.95. The van der Waals surface area contributed by atoms with Crippen molar-refractivity contribution in [2.45, 2.75) is 24.4 Å². The number of rotatable bonds is 5. The van der Waals surface area contributed by atoms with E-state index in [-0.39, 0.29) is 13.0 Å². The molecule has 9 nitrogen and oxygen atoms in total. The summed E-state index contributed by atoms with van der Waals surface area (Å²) in [6, 6.07) is 1.12. The van der Waals surface area contributed by atoms with Gasteiger partial charge in [0.25, 0.3) is 5.56 Å². The van der Waals surface area contributed by atoms with Gasteiger partial charge in [-0.05, 0) is 0 Å². The van der Waals surface area contributed by atoms with Crippen LogP contribution in [0.3, 0.4) is 0 Å². The summed E-state index contributed by atoms with van der Waals surface area (Å²) in [5, 5.41) is 19.7. The Kier molecular flexibility index (Phi) is 4.37. The number of hydrogen-bond acceptors (Lipinski definition) is 7. The lowest BCUT2D eigenvalue weighted by atomic mass is 9.90. The Bertz CT molecular complexity index is 637. The van der Waals surface area contributed by atoms with Crippen molar-refractivity contribution in [3.8, 4) is 0 Å². The van der Waals surface area contributed by atoms with Gasteiger partial charge in [0.1, 0.15) is 18.9 Å². The maximum atomic E-state index is 11.9. The van der Waals surface area contributed by atoms with Gasteiger partial charge in [0.15, 0.2) is 11.4 Å². The van der Waals surface area contributed by atoms with Crippen molar-refractivity contribution in [3.63, 3.8) is 0 Å². The molecule has 1 saturated heterocycles. The number of Topliss-reactive ketones (excluding diaryl/α,β-unsaturated/α-hetero) is 1. The molecule has 0 aliphatic carbocycles. The van der Waals surface area contributed by atoms with Gasteiger partial charge in [0.05, 0.1) is 6.61 Å². The van der Waals surface area contributed by atoms with Gasteiger partial charge in [-0.25, -0.2) is 4.79 Å². The van der Waals surface area contributed by atoms with E-state index in [0.717, 1.165) is 10.6 Å². The number of nitrogens with one attached hydrogen (secondary N) is 1. The molecular formula is C12H16N2O7. The Morgan fingerprint density at radius 3 is 2.90 bits per heavy atom. The molecule has 0 amide bonds. The number of nitrogens with zero attached hydrogens (tertiary/aromatic N) is 1. The van der Waals surface area contributed by atoms with Crippen LogP contribution in [-0.4, -0.2) is 57.6 Å². The highest BCUT2D eigenvalue weighted by Gasteiger charge is 2.52. The maximum absolute atomic E-state index is 11.9. The Labute approximate surface area is 118 Å². The molecule has 9 heteroatoms. The predicted octanol–water partition coefficient (Wildman–Crippen LogP) is -2.24. The number of carbonyl (C=O) groups is 1. The van der Waals surface area contributed by atoms with E-state index in [4.69, 9.17) is 9.47 Å². The molecule has 116 valence electrons. The Morgan fingerprint density at radius 2 is 2.33 bits per heavy atom. The minimum absolute atomic E-state index is 0.230. The number of methoxy groups -OCH3 is 1. The number of aliphatic hydroxyl groups is 2. The molecule has 1 aliphatic heterocycles. The highest BCUT2D eigenvalue weighted by Crippen LogP contribution is 2.36. The van der Waals surface area contributed by atoms with Crippen LogP contribution in [0.2, 0.25) is 0 Å². The molecule has 0 unspecified atom stereocenters. The molecule has 21 heavy (non-hydrogen) atoms. The summed E-state index contributed by atoms with van der Waals surface area (Å²) in [5.41, 5.74) is -3.25. The molecule has 0 radical (unpaired) electrons. The number of aliphatic hydroxyl groups excluding tert-OH is 1. The molecular weight excluding hydrogens is 284 g/mol. The molecule has 2 rings (SSSR count). The van der Waals surface area contributed by atoms with Gasteiger partial charge in [-0.15, -0.1) is 0 Å². The zero-order chi connectivity index (χ0) is 15.6. The summed E-state index contributed by atoms with van der Waals surface area (Å²) in [6.07, 6.45) is -1.18. The number of ether oxygens (including phenoxy) is 2. The van der Waals surface area contributed by atoms with Crippen LogP contribution in [0.15, 0.2) is 21.9 Å². The molecule has 0 saturated carbocycles. The first-order valence-electron chi connectivity index (χ1n) is 6.24. The zero-order valence-electron chi connectivity index (χ0n) is 11.3. The SMILES string of the molecule is COCC(=O)[C@]1(O)C[C@H](n2ccc(=O)[nH]c2=O)O[C@@H]1CO. The lowest BCUT2D eigenvalue weighted by molar-refractivity contribution is -0.150. The van der Waals surface area contributed by atoms with E-state index in [1.165, 1.54) is 13.3 Å². The fourth-order valence-corrected chi connectivity index (χ4v) is 2.31. The van der Waals surface area contributed by atoms with Gasteiger partial charge in [0, 0.05) is 25.8 Å². The van der Waals surface area contributed by atoms with Gasteiger partial charge >= 0.3 is 5.69 Å². The van der Waals surface area contributed by atoms with E-state index in [9.17, 15) is 24.6 Å². The van der Waals surface area contributed by atoms with Crippen molar-refractivity contribution in [3.05, 3.63) is 33.1 Å². The predicted molar refractivity (Wildman–Crippen MR) is 68.8 cm³/mol. The molecule has 3 N–H and O–H groups in total. The van der Waals surface area contributed by atoms with Gasteiger partial charge in [-0.1, -0.05) is 0 Å². The van der Waals surface area contributed by atoms with Gasteiger partial charge in [-0.2, -0.15) is 0 Å². The van der Waals surface area contributed by atoms with E-state index in [1.807, 2.05) is 4.98 Å². The summed E-state index contributed by atoms with van der Waals surface area (Å²) >= 11 is 0. The summed E-state index contributed by atoms with van der Waals surface area (Å²) < 4.78 is 11.1. The molecule has 1 aromatic rings. The van der Waals surface area contributed by atoms with Gasteiger partial charge in [-0.3, -0.25) is 19.1 Å². The number of aromatic nitrogens is 2. The van der Waals surface area contributed by atoms with Crippen LogP contribution in [0, 0.1) is 0 Å². The van der Waals surface area contributed by atoms with Crippen LogP contribution in [0.1, 0.15) is 12.6 Å². The molecule has 1 aliphatic rings. The standard InChI is InChI=1S/C12H16N2O7/c1-20-6-7(16)12(19)4-10(21-8(12)5-15)14-3-2-9(17)13-11(14)18/h2-3,8,10,15,19H,4-6H2,1H3,(H,13,17,18)/t8-,10-,12-/m1/s1. The number of hydrogen-bond donors (Lipinski definition) is 3. The quantitative estimate of drug-likeness (QED) is 0.560. The topological polar surface area (TPSA) is 131 Å². The second-order valence-corrected chi connectivity index (χ2v) is 4.76. The third-order valence-corrected chi connectivity index (χ3v) is 3.43. The number of ketones is 1. The number of H-pyrrole nitrogens is 1. The summed E-state index contributed by atoms with van der Waals surface area (Å²) in [7, 11) is 1.30. The second-order valence-electron chi connectivity index (χ2n) is 4.76. The molecule has 0 aromatic carbocycles. The van der Waals surface area contributed by atoms with Crippen molar-refractivity contribution < 1.29 is 24.5 Å². The van der Waals surface area contributed by atoms with Gasteiger partial charge in [0.2, 0.25) is 0 Å². The number of carbonyl (C=O) groups excluding carboxylic acids is 1. The number of aromatic amines is 1. The molecule has 1 aromatic heterocycles. The van der Waals surface area contributed by atoms with Crippen molar-refractivity contribution in [1.29, 1.82) is 0 Å². The minimum Gasteiger partial charge on any atom is -0.394 e. The van der Waals surface area contributed by atoms with Crippen molar-refractivity contribution in [1.82, 2.24) is 9.55 Å². The first-order valence-corrected chi connectivity index (χ1v) is 6.24. The molecule has 3 atom stereocenters. The lowest BCUT2D eigenvalue weighted by Crippen LogP contribution is -2.49. The van der Waals surface area contributed by atoms with Crippen molar-refractivity contribution in [2.24, 2.45) is 0 Å². The normalized spacial score (nSPS) is 28.7. The Balaban J connectivity index is 2.32. The lowest BCUT2D eigenvalue weighted by Gasteiger charge is -2.24. The van der Waals surface area contributed by atoms with E-state index in [0.29, 0.717) is 0 Å². The van der Waals surface area contributed by atoms with Crippen molar-refractivity contribution in [2.75, 3.05) is 20.3 Å². The highest BCUT2D eigenvalue weighted by molar-refractivity contribution is 5.89. The average Bonchev–Trinajstić information content (AvgIpc) is 2.77. The smallest absolute Gasteiger partial charge is 0.330 e. The van der Waals surface area contributed by atoms with Crippen LogP contribution in [-0.2, 0) is 14.3 Å². The molecule has 1 fully saturated rings. The molecule has 0 spiro atoms. The monoisotopic (exact) mass is 300 g/mol. The first kappa shape index (κ1) is 15.6.